The largest absolute Gasteiger partial charge is 0.352 e. The summed E-state index contributed by atoms with van der Waals surface area (Å²) in [5.74, 6) is 0. The molecule has 0 radical (unpaired) electrons. The van der Waals surface area contributed by atoms with Crippen LogP contribution in [-0.2, 0) is 9.47 Å². The Morgan fingerprint density at radius 1 is 1.20 bits per heavy atom. The van der Waals surface area contributed by atoms with Crippen molar-refractivity contribution < 1.29 is 9.47 Å². The van der Waals surface area contributed by atoms with Crippen molar-refractivity contribution in [1.82, 2.24) is 4.90 Å². The second-order valence-corrected chi connectivity index (χ2v) is 4.04. The summed E-state index contributed by atoms with van der Waals surface area (Å²) >= 11 is 0. The highest BCUT2D eigenvalue weighted by atomic mass is 16.7. The molecule has 15 heavy (non-hydrogen) atoms. The first-order valence-corrected chi connectivity index (χ1v) is 6.29. The van der Waals surface area contributed by atoms with Gasteiger partial charge in [-0.3, -0.25) is 4.90 Å². The Kier molecular flexibility index (Phi) is 6.22. The zero-order chi connectivity index (χ0) is 11.1. The van der Waals surface area contributed by atoms with Gasteiger partial charge in [-0.05, 0) is 39.7 Å². The molecule has 0 aromatic carbocycles. The van der Waals surface area contributed by atoms with Crippen LogP contribution in [0.5, 0.6) is 0 Å². The van der Waals surface area contributed by atoms with E-state index in [0.29, 0.717) is 0 Å². The van der Waals surface area contributed by atoms with Crippen LogP contribution in [0.3, 0.4) is 0 Å². The summed E-state index contributed by atoms with van der Waals surface area (Å²) in [6, 6.07) is 0.744. The number of hydrogen-bond donors (Lipinski definition) is 0. The molecule has 0 spiro atoms. The van der Waals surface area contributed by atoms with E-state index in [9.17, 15) is 0 Å². The van der Waals surface area contributed by atoms with Crippen LogP contribution in [0.15, 0.2) is 0 Å². The van der Waals surface area contributed by atoms with E-state index in [1.165, 1.54) is 25.8 Å². The molecule has 1 rings (SSSR count). The van der Waals surface area contributed by atoms with Gasteiger partial charge in [-0.2, -0.15) is 0 Å². The molecule has 3 nitrogen and oxygen atoms in total. The van der Waals surface area contributed by atoms with Crippen LogP contribution in [0.2, 0.25) is 0 Å². The number of ether oxygens (including phenoxy) is 2. The molecule has 0 aliphatic carbocycles. The molecular weight excluding hydrogens is 190 g/mol. The van der Waals surface area contributed by atoms with Crippen molar-refractivity contribution in [3.63, 3.8) is 0 Å². The van der Waals surface area contributed by atoms with Crippen LogP contribution in [0, 0.1) is 0 Å². The zero-order valence-electron chi connectivity index (χ0n) is 10.4. The molecule has 0 bridgehead atoms. The number of likely N-dealkylation sites (tertiary alicyclic amines) is 1. The lowest BCUT2D eigenvalue weighted by molar-refractivity contribution is -0.148. The standard InChI is InChI=1S/C12H25NO2/c1-4-11-8-7-9-13(11)10-12(14-5-2)15-6-3/h11-12H,4-10H2,1-3H3. The quantitative estimate of drug-likeness (QED) is 0.608. The summed E-state index contributed by atoms with van der Waals surface area (Å²) < 4.78 is 11.1. The fraction of sp³-hybridized carbons (Fsp3) is 1.00. The Morgan fingerprint density at radius 3 is 2.40 bits per heavy atom. The number of nitrogens with zero attached hydrogens (tertiary/aromatic N) is 1. The highest BCUT2D eigenvalue weighted by Crippen LogP contribution is 2.20. The van der Waals surface area contributed by atoms with Crippen molar-refractivity contribution in [2.75, 3.05) is 26.3 Å². The van der Waals surface area contributed by atoms with E-state index in [-0.39, 0.29) is 6.29 Å². The maximum Gasteiger partial charge on any atom is 0.170 e. The average molecular weight is 215 g/mol. The van der Waals surface area contributed by atoms with E-state index in [2.05, 4.69) is 11.8 Å². The van der Waals surface area contributed by atoms with Gasteiger partial charge in [0.15, 0.2) is 6.29 Å². The highest BCUT2D eigenvalue weighted by Gasteiger charge is 2.25. The van der Waals surface area contributed by atoms with Crippen LogP contribution < -0.4 is 0 Å². The van der Waals surface area contributed by atoms with Crippen molar-refractivity contribution >= 4 is 0 Å². The Bertz CT molecular complexity index is 158. The van der Waals surface area contributed by atoms with E-state index < -0.39 is 0 Å². The summed E-state index contributed by atoms with van der Waals surface area (Å²) in [6.07, 6.45) is 3.86. The molecule has 0 amide bonds. The second kappa shape index (κ2) is 7.20. The van der Waals surface area contributed by atoms with Crippen LogP contribution in [0.4, 0.5) is 0 Å². The predicted octanol–water partition coefficient (Wildman–Crippen LogP) is 2.26. The SMILES string of the molecule is CCOC(CN1CCCC1CC)OCC. The Hall–Kier alpha value is -0.120. The minimum absolute atomic E-state index is 0.0350. The Balaban J connectivity index is 2.35. The number of hydrogen-bond acceptors (Lipinski definition) is 3. The lowest BCUT2D eigenvalue weighted by Gasteiger charge is -2.27. The summed E-state index contributed by atoms with van der Waals surface area (Å²) in [4.78, 5) is 2.51. The van der Waals surface area contributed by atoms with Crippen LogP contribution in [0.25, 0.3) is 0 Å². The first kappa shape index (κ1) is 12.9. The summed E-state index contributed by atoms with van der Waals surface area (Å²) in [7, 11) is 0. The minimum Gasteiger partial charge on any atom is -0.352 e. The molecule has 90 valence electrons. The smallest absolute Gasteiger partial charge is 0.170 e. The van der Waals surface area contributed by atoms with E-state index in [0.717, 1.165) is 25.8 Å². The van der Waals surface area contributed by atoms with Crippen LogP contribution in [0.1, 0.15) is 40.0 Å². The minimum atomic E-state index is -0.0350. The molecule has 1 heterocycles. The fourth-order valence-corrected chi connectivity index (χ4v) is 2.31. The number of rotatable bonds is 7. The molecule has 1 fully saturated rings. The van der Waals surface area contributed by atoms with Gasteiger partial charge in [0, 0.05) is 25.8 Å². The van der Waals surface area contributed by atoms with Gasteiger partial charge in [-0.15, -0.1) is 0 Å². The second-order valence-electron chi connectivity index (χ2n) is 4.04. The molecule has 1 aliphatic rings. The van der Waals surface area contributed by atoms with Gasteiger partial charge < -0.3 is 9.47 Å². The van der Waals surface area contributed by atoms with Crippen molar-refractivity contribution in [1.29, 1.82) is 0 Å². The molecule has 0 N–H and O–H groups in total. The van der Waals surface area contributed by atoms with Gasteiger partial charge >= 0.3 is 0 Å². The first-order chi connectivity index (χ1) is 7.31. The molecule has 1 unspecified atom stereocenters. The normalized spacial score (nSPS) is 22.8. The van der Waals surface area contributed by atoms with Gasteiger partial charge in [0.05, 0.1) is 0 Å². The lowest BCUT2D eigenvalue weighted by atomic mass is 10.2. The zero-order valence-corrected chi connectivity index (χ0v) is 10.4. The van der Waals surface area contributed by atoms with E-state index in [1.54, 1.807) is 0 Å². The topological polar surface area (TPSA) is 21.7 Å². The summed E-state index contributed by atoms with van der Waals surface area (Å²) in [5.41, 5.74) is 0. The third kappa shape index (κ3) is 4.09. The molecule has 3 heteroatoms. The summed E-state index contributed by atoms with van der Waals surface area (Å²) in [5, 5.41) is 0. The first-order valence-electron chi connectivity index (χ1n) is 6.29. The molecule has 0 aromatic rings. The molecule has 1 atom stereocenters. The van der Waals surface area contributed by atoms with Crippen LogP contribution in [-0.4, -0.2) is 43.5 Å². The van der Waals surface area contributed by atoms with Gasteiger partial charge in [-0.25, -0.2) is 0 Å². The van der Waals surface area contributed by atoms with Gasteiger partial charge in [0.1, 0.15) is 0 Å². The van der Waals surface area contributed by atoms with Gasteiger partial charge in [0.2, 0.25) is 0 Å². The molecular formula is C12H25NO2. The molecule has 1 aliphatic heterocycles. The van der Waals surface area contributed by atoms with Crippen molar-refractivity contribution in [3.8, 4) is 0 Å². The monoisotopic (exact) mass is 215 g/mol. The van der Waals surface area contributed by atoms with E-state index in [1.807, 2.05) is 13.8 Å². The van der Waals surface area contributed by atoms with Gasteiger partial charge in [-0.1, -0.05) is 6.92 Å². The predicted molar refractivity (Wildman–Crippen MR) is 61.9 cm³/mol. The van der Waals surface area contributed by atoms with E-state index >= 15 is 0 Å². The summed E-state index contributed by atoms with van der Waals surface area (Å²) in [6.45, 7) is 9.90. The maximum atomic E-state index is 5.57. The van der Waals surface area contributed by atoms with Crippen molar-refractivity contribution in [3.05, 3.63) is 0 Å². The maximum absolute atomic E-state index is 5.57. The van der Waals surface area contributed by atoms with Crippen LogP contribution >= 0.6 is 0 Å². The Labute approximate surface area is 93.7 Å². The van der Waals surface area contributed by atoms with Crippen molar-refractivity contribution in [2.24, 2.45) is 0 Å². The third-order valence-corrected chi connectivity index (χ3v) is 3.06. The fourth-order valence-electron chi connectivity index (χ4n) is 2.31. The van der Waals surface area contributed by atoms with E-state index in [4.69, 9.17) is 9.47 Å². The molecule has 0 aromatic heterocycles. The average Bonchev–Trinajstić information content (AvgIpc) is 2.66. The lowest BCUT2D eigenvalue weighted by Crippen LogP contribution is -2.38. The molecule has 0 saturated carbocycles. The Morgan fingerprint density at radius 2 is 1.87 bits per heavy atom. The highest BCUT2D eigenvalue weighted by molar-refractivity contribution is 4.78. The van der Waals surface area contributed by atoms with Crippen molar-refractivity contribution in [2.45, 2.75) is 52.4 Å². The molecule has 1 saturated heterocycles. The van der Waals surface area contributed by atoms with Gasteiger partial charge in [0.25, 0.3) is 0 Å². The third-order valence-electron chi connectivity index (χ3n) is 3.06.